The molecule has 2 amide bonds. The van der Waals surface area contributed by atoms with Crippen LogP contribution in [0.4, 0.5) is 11.4 Å². The van der Waals surface area contributed by atoms with Crippen molar-refractivity contribution in [2.24, 2.45) is 0 Å². The molecule has 1 N–H and O–H groups in total. The van der Waals surface area contributed by atoms with Crippen LogP contribution in [0.25, 0.3) is 0 Å². The Bertz CT molecular complexity index is 637. The molecule has 148 valence electrons. The number of anilines is 2. The minimum absolute atomic E-state index is 0.0437. The lowest BCUT2D eigenvalue weighted by atomic mass is 9.94. The van der Waals surface area contributed by atoms with Crippen molar-refractivity contribution in [3.05, 3.63) is 24.3 Å². The Morgan fingerprint density at radius 1 is 1.15 bits per heavy atom. The number of rotatable bonds is 6. The summed E-state index contributed by atoms with van der Waals surface area (Å²) in [5, 5.41) is 3.05. The van der Waals surface area contributed by atoms with Gasteiger partial charge in [0.1, 0.15) is 0 Å². The highest BCUT2D eigenvalue weighted by molar-refractivity contribution is 5.94. The van der Waals surface area contributed by atoms with Crippen molar-refractivity contribution in [3.8, 4) is 0 Å². The summed E-state index contributed by atoms with van der Waals surface area (Å²) in [4.78, 5) is 28.7. The Labute approximate surface area is 161 Å². The van der Waals surface area contributed by atoms with Crippen LogP contribution in [-0.4, -0.2) is 55.6 Å². The third-order valence-corrected chi connectivity index (χ3v) is 5.53. The van der Waals surface area contributed by atoms with Crippen molar-refractivity contribution < 1.29 is 14.3 Å². The van der Waals surface area contributed by atoms with E-state index in [1.165, 1.54) is 19.3 Å². The van der Waals surface area contributed by atoms with Crippen LogP contribution in [0.5, 0.6) is 0 Å². The van der Waals surface area contributed by atoms with Crippen molar-refractivity contribution in [1.29, 1.82) is 0 Å². The molecule has 0 bridgehead atoms. The first-order valence-corrected chi connectivity index (χ1v) is 10.1. The third kappa shape index (κ3) is 5.45. The summed E-state index contributed by atoms with van der Waals surface area (Å²) in [6.07, 6.45) is 6.04. The molecule has 1 heterocycles. The molecule has 0 aromatic heterocycles. The molecule has 1 saturated carbocycles. The highest BCUT2D eigenvalue weighted by Gasteiger charge is 2.24. The van der Waals surface area contributed by atoms with Gasteiger partial charge in [0.15, 0.2) is 0 Å². The van der Waals surface area contributed by atoms with Crippen LogP contribution < -0.4 is 10.2 Å². The van der Waals surface area contributed by atoms with Crippen LogP contribution >= 0.6 is 0 Å². The summed E-state index contributed by atoms with van der Waals surface area (Å²) in [6, 6.07) is 8.19. The molecule has 0 spiro atoms. The molecule has 0 unspecified atom stereocenters. The van der Waals surface area contributed by atoms with Crippen molar-refractivity contribution in [2.75, 3.05) is 43.1 Å². The van der Waals surface area contributed by atoms with E-state index in [0.29, 0.717) is 32.2 Å². The van der Waals surface area contributed by atoms with E-state index in [4.69, 9.17) is 4.74 Å². The molecule has 1 saturated heterocycles. The Balaban J connectivity index is 1.58. The van der Waals surface area contributed by atoms with Gasteiger partial charge in [-0.05, 0) is 25.0 Å². The van der Waals surface area contributed by atoms with Gasteiger partial charge in [-0.2, -0.15) is 0 Å². The summed E-state index contributed by atoms with van der Waals surface area (Å²) in [6.45, 7) is 5.17. The standard InChI is InChI=1S/C21H31N3O3/c1-17(25)24(18-7-3-2-4-8-18)12-11-21(26)22-19-9-5-6-10-20(19)23-13-15-27-16-14-23/h5-6,9-10,18H,2-4,7-8,11-16H2,1H3,(H,22,26). The number of ether oxygens (including phenoxy) is 1. The van der Waals surface area contributed by atoms with Gasteiger partial charge >= 0.3 is 0 Å². The highest BCUT2D eigenvalue weighted by atomic mass is 16.5. The summed E-state index contributed by atoms with van der Waals surface area (Å²) in [5.41, 5.74) is 1.86. The maximum Gasteiger partial charge on any atom is 0.226 e. The average molecular weight is 373 g/mol. The van der Waals surface area contributed by atoms with Gasteiger partial charge in [0, 0.05) is 39.0 Å². The number of nitrogens with zero attached hydrogens (tertiary/aromatic N) is 2. The molecule has 1 aliphatic heterocycles. The lowest BCUT2D eigenvalue weighted by Crippen LogP contribution is -2.41. The van der Waals surface area contributed by atoms with Crippen molar-refractivity contribution in [3.63, 3.8) is 0 Å². The predicted octanol–water partition coefficient (Wildman–Crippen LogP) is 3.03. The summed E-state index contributed by atoms with van der Waals surface area (Å²) in [7, 11) is 0. The molecular formula is C21H31N3O3. The van der Waals surface area contributed by atoms with E-state index in [9.17, 15) is 9.59 Å². The topological polar surface area (TPSA) is 61.9 Å². The normalized spacial score (nSPS) is 18.2. The van der Waals surface area contributed by atoms with Crippen molar-refractivity contribution in [1.82, 2.24) is 4.90 Å². The van der Waals surface area contributed by atoms with E-state index in [1.54, 1.807) is 6.92 Å². The number of hydrogen-bond acceptors (Lipinski definition) is 4. The number of morpholine rings is 1. The van der Waals surface area contributed by atoms with Gasteiger partial charge in [-0.1, -0.05) is 31.4 Å². The van der Waals surface area contributed by atoms with Crippen molar-refractivity contribution >= 4 is 23.2 Å². The van der Waals surface area contributed by atoms with E-state index < -0.39 is 0 Å². The molecular weight excluding hydrogens is 342 g/mol. The second kappa shape index (κ2) is 9.74. The number of benzene rings is 1. The van der Waals surface area contributed by atoms with Crippen LogP contribution in [-0.2, 0) is 14.3 Å². The van der Waals surface area contributed by atoms with E-state index >= 15 is 0 Å². The maximum absolute atomic E-state index is 12.6. The van der Waals surface area contributed by atoms with E-state index in [1.807, 2.05) is 29.2 Å². The Hall–Kier alpha value is -2.08. The molecule has 3 rings (SSSR count). The predicted molar refractivity (Wildman–Crippen MR) is 107 cm³/mol. The summed E-state index contributed by atoms with van der Waals surface area (Å²) in [5.74, 6) is 0.0289. The quantitative estimate of drug-likeness (QED) is 0.833. The molecule has 6 nitrogen and oxygen atoms in total. The van der Waals surface area contributed by atoms with Gasteiger partial charge < -0.3 is 19.9 Å². The fourth-order valence-corrected chi connectivity index (χ4v) is 4.08. The number of nitrogens with one attached hydrogen (secondary N) is 1. The fraction of sp³-hybridized carbons (Fsp3) is 0.619. The first kappa shape index (κ1) is 19.7. The van der Waals surface area contributed by atoms with Gasteiger partial charge in [-0.3, -0.25) is 9.59 Å². The molecule has 1 aliphatic carbocycles. The van der Waals surface area contributed by atoms with Crippen LogP contribution in [0.1, 0.15) is 45.4 Å². The average Bonchev–Trinajstić information content (AvgIpc) is 2.70. The largest absolute Gasteiger partial charge is 0.378 e. The van der Waals surface area contributed by atoms with E-state index in [2.05, 4.69) is 10.2 Å². The number of amides is 2. The zero-order valence-corrected chi connectivity index (χ0v) is 16.3. The Morgan fingerprint density at radius 3 is 2.56 bits per heavy atom. The van der Waals surface area contributed by atoms with E-state index in [0.717, 1.165) is 37.3 Å². The molecule has 0 radical (unpaired) electrons. The molecule has 2 fully saturated rings. The minimum Gasteiger partial charge on any atom is -0.378 e. The fourth-order valence-electron chi connectivity index (χ4n) is 4.08. The molecule has 1 aromatic carbocycles. The molecule has 2 aliphatic rings. The number of carbonyl (C=O) groups excluding carboxylic acids is 2. The van der Waals surface area contributed by atoms with Crippen LogP contribution in [0.2, 0.25) is 0 Å². The van der Waals surface area contributed by atoms with Gasteiger partial charge in [0.25, 0.3) is 0 Å². The SMILES string of the molecule is CC(=O)N(CCC(=O)Nc1ccccc1N1CCOCC1)C1CCCCC1. The first-order chi connectivity index (χ1) is 13.1. The zero-order chi connectivity index (χ0) is 19.1. The maximum atomic E-state index is 12.6. The number of hydrogen-bond donors (Lipinski definition) is 1. The summed E-state index contributed by atoms with van der Waals surface area (Å²) >= 11 is 0. The van der Waals surface area contributed by atoms with Crippen LogP contribution in [0.3, 0.4) is 0 Å². The van der Waals surface area contributed by atoms with Gasteiger partial charge in [-0.25, -0.2) is 0 Å². The van der Waals surface area contributed by atoms with Gasteiger partial charge in [0.05, 0.1) is 24.6 Å². The lowest BCUT2D eigenvalue weighted by molar-refractivity contribution is -0.132. The van der Waals surface area contributed by atoms with Crippen LogP contribution in [0.15, 0.2) is 24.3 Å². The molecule has 27 heavy (non-hydrogen) atoms. The minimum atomic E-state index is -0.0437. The Morgan fingerprint density at radius 2 is 1.85 bits per heavy atom. The Kier molecular flexibility index (Phi) is 7.10. The zero-order valence-electron chi connectivity index (χ0n) is 16.3. The van der Waals surface area contributed by atoms with Gasteiger partial charge in [-0.15, -0.1) is 0 Å². The molecule has 1 aromatic rings. The second-order valence-electron chi connectivity index (χ2n) is 7.42. The monoisotopic (exact) mass is 373 g/mol. The second-order valence-corrected chi connectivity index (χ2v) is 7.42. The first-order valence-electron chi connectivity index (χ1n) is 10.1. The van der Waals surface area contributed by atoms with E-state index in [-0.39, 0.29) is 11.8 Å². The number of para-hydroxylation sites is 2. The van der Waals surface area contributed by atoms with Crippen molar-refractivity contribution in [2.45, 2.75) is 51.5 Å². The smallest absolute Gasteiger partial charge is 0.226 e. The van der Waals surface area contributed by atoms with Crippen LogP contribution in [0, 0.1) is 0 Å². The molecule has 0 atom stereocenters. The summed E-state index contributed by atoms with van der Waals surface area (Å²) < 4.78 is 5.42. The highest BCUT2D eigenvalue weighted by Crippen LogP contribution is 2.27. The third-order valence-electron chi connectivity index (χ3n) is 5.53. The lowest BCUT2D eigenvalue weighted by Gasteiger charge is -2.33. The molecule has 6 heteroatoms. The van der Waals surface area contributed by atoms with Gasteiger partial charge in [0.2, 0.25) is 11.8 Å². The number of carbonyl (C=O) groups is 2.